The zero-order valence-electron chi connectivity index (χ0n) is 16.3. The van der Waals surface area contributed by atoms with Crippen LogP contribution in [0.1, 0.15) is 50.7 Å². The maximum Gasteiger partial charge on any atom is 0.410 e. The third kappa shape index (κ3) is 5.48. The molecule has 26 heavy (non-hydrogen) atoms. The highest BCUT2D eigenvalue weighted by Gasteiger charge is 2.27. The topological polar surface area (TPSA) is 68.9 Å². The second-order valence-electron chi connectivity index (χ2n) is 7.84. The summed E-state index contributed by atoms with van der Waals surface area (Å²) in [6, 6.07) is 8.10. The molecule has 6 nitrogen and oxygen atoms in total. The average molecular weight is 356 g/mol. The van der Waals surface area contributed by atoms with Gasteiger partial charge in [-0.2, -0.15) is 5.26 Å². The summed E-state index contributed by atoms with van der Waals surface area (Å²) in [6.45, 7) is 6.97. The van der Waals surface area contributed by atoms with Crippen molar-refractivity contribution in [3.63, 3.8) is 0 Å². The minimum Gasteiger partial charge on any atom is -0.444 e. The van der Waals surface area contributed by atoms with Crippen LogP contribution in [0.2, 0.25) is 0 Å². The number of nitrogens with zero attached hydrogens (tertiary/aromatic N) is 4. The van der Waals surface area contributed by atoms with Gasteiger partial charge in [0.05, 0.1) is 17.6 Å². The Morgan fingerprint density at radius 3 is 2.54 bits per heavy atom. The largest absolute Gasteiger partial charge is 0.444 e. The number of carbonyl (C=O) groups excluding carboxylic acids is 1. The number of hydrogen-bond acceptors (Lipinski definition) is 4. The van der Waals surface area contributed by atoms with E-state index in [4.69, 9.17) is 4.74 Å². The number of benzene rings is 1. The molecule has 0 aliphatic carbocycles. The summed E-state index contributed by atoms with van der Waals surface area (Å²) in [6.07, 6.45) is 3.17. The fourth-order valence-corrected chi connectivity index (χ4v) is 2.91. The molecule has 1 amide bonds. The molecule has 140 valence electrons. The molecule has 2 rings (SSSR count). The minimum atomic E-state index is -0.474. The molecule has 1 aromatic rings. The predicted octanol–water partition coefficient (Wildman–Crippen LogP) is 3.89. The molecule has 1 aromatic carbocycles. The minimum absolute atomic E-state index is 0.248. The molecule has 6 heteroatoms. The van der Waals surface area contributed by atoms with E-state index in [9.17, 15) is 10.1 Å². The van der Waals surface area contributed by atoms with E-state index in [0.717, 1.165) is 18.4 Å². The quantitative estimate of drug-likeness (QED) is 0.608. The Labute approximate surface area is 156 Å². The predicted molar refractivity (Wildman–Crippen MR) is 103 cm³/mol. The third-order valence-electron chi connectivity index (χ3n) is 4.19. The van der Waals surface area contributed by atoms with Crippen LogP contribution in [-0.4, -0.2) is 55.0 Å². The van der Waals surface area contributed by atoms with Gasteiger partial charge in [0.1, 0.15) is 11.7 Å². The maximum absolute atomic E-state index is 12.2. The smallest absolute Gasteiger partial charge is 0.410 e. The number of aliphatic imine (C=N–C) groups is 1. The summed E-state index contributed by atoms with van der Waals surface area (Å²) in [4.78, 5) is 20.1. The highest BCUT2D eigenvalue weighted by Crippen LogP contribution is 2.31. The van der Waals surface area contributed by atoms with Gasteiger partial charge in [0.25, 0.3) is 0 Å². The Bertz CT molecular complexity index is 706. The summed E-state index contributed by atoms with van der Waals surface area (Å²) in [5.41, 5.74) is 1.92. The SMILES string of the molecule is CN(C)C=Nc1ccc(C2CCN(C(=O)OC(C)(C)C)CC2)cc1C#N. The van der Waals surface area contributed by atoms with E-state index < -0.39 is 5.60 Å². The van der Waals surface area contributed by atoms with E-state index in [1.807, 2.05) is 58.0 Å². The highest BCUT2D eigenvalue weighted by atomic mass is 16.6. The zero-order chi connectivity index (χ0) is 19.3. The molecule has 0 atom stereocenters. The summed E-state index contributed by atoms with van der Waals surface area (Å²) in [5, 5.41) is 9.42. The average Bonchev–Trinajstić information content (AvgIpc) is 2.58. The molecule has 0 radical (unpaired) electrons. The number of carbonyl (C=O) groups is 1. The third-order valence-corrected chi connectivity index (χ3v) is 4.19. The Balaban J connectivity index is 2.03. The summed E-state index contributed by atoms with van der Waals surface area (Å²) in [7, 11) is 3.78. The molecular weight excluding hydrogens is 328 g/mol. The number of piperidine rings is 1. The lowest BCUT2D eigenvalue weighted by Gasteiger charge is -2.33. The number of rotatable bonds is 3. The molecule has 1 saturated heterocycles. The van der Waals surface area contributed by atoms with Crippen molar-refractivity contribution in [2.24, 2.45) is 4.99 Å². The van der Waals surface area contributed by atoms with E-state index in [-0.39, 0.29) is 6.09 Å². The Morgan fingerprint density at radius 2 is 2.00 bits per heavy atom. The molecule has 0 aromatic heterocycles. The second kappa shape index (κ2) is 8.22. The molecule has 1 aliphatic rings. The van der Waals surface area contributed by atoms with Crippen LogP contribution in [0.15, 0.2) is 23.2 Å². The molecule has 0 spiro atoms. The number of ether oxygens (including phenoxy) is 1. The van der Waals surface area contributed by atoms with Gasteiger partial charge in [0.15, 0.2) is 0 Å². The normalized spacial score (nSPS) is 15.8. The molecule has 0 bridgehead atoms. The van der Waals surface area contributed by atoms with E-state index >= 15 is 0 Å². The lowest BCUT2D eigenvalue weighted by molar-refractivity contribution is 0.0205. The van der Waals surface area contributed by atoms with Crippen molar-refractivity contribution in [1.82, 2.24) is 9.80 Å². The number of amides is 1. The Morgan fingerprint density at radius 1 is 1.35 bits per heavy atom. The molecule has 1 heterocycles. The Kier molecular flexibility index (Phi) is 6.25. The fourth-order valence-electron chi connectivity index (χ4n) is 2.91. The van der Waals surface area contributed by atoms with Gasteiger partial charge in [-0.25, -0.2) is 9.79 Å². The van der Waals surface area contributed by atoms with Crippen molar-refractivity contribution in [2.45, 2.75) is 45.1 Å². The van der Waals surface area contributed by atoms with E-state index in [1.165, 1.54) is 0 Å². The van der Waals surface area contributed by atoms with Gasteiger partial charge < -0.3 is 14.5 Å². The van der Waals surface area contributed by atoms with E-state index in [0.29, 0.717) is 30.3 Å². The molecule has 1 aliphatic heterocycles. The van der Waals surface area contributed by atoms with Crippen molar-refractivity contribution in [1.29, 1.82) is 5.26 Å². The maximum atomic E-state index is 12.2. The van der Waals surface area contributed by atoms with Crippen LogP contribution in [0.4, 0.5) is 10.5 Å². The number of likely N-dealkylation sites (tertiary alicyclic amines) is 1. The molecule has 0 N–H and O–H groups in total. The van der Waals surface area contributed by atoms with E-state index in [2.05, 4.69) is 11.1 Å². The van der Waals surface area contributed by atoms with Gasteiger partial charge in [-0.15, -0.1) is 0 Å². The van der Waals surface area contributed by atoms with Crippen molar-refractivity contribution in [2.75, 3.05) is 27.2 Å². The van der Waals surface area contributed by atoms with Crippen molar-refractivity contribution in [3.05, 3.63) is 29.3 Å². The monoisotopic (exact) mass is 356 g/mol. The summed E-state index contributed by atoms with van der Waals surface area (Å²) in [5.74, 6) is 0.340. The van der Waals surface area contributed by atoms with Gasteiger partial charge in [-0.05, 0) is 57.2 Å². The van der Waals surface area contributed by atoms with Crippen LogP contribution in [-0.2, 0) is 4.74 Å². The second-order valence-corrected chi connectivity index (χ2v) is 7.84. The first-order valence-electron chi connectivity index (χ1n) is 8.92. The first-order chi connectivity index (χ1) is 12.2. The van der Waals surface area contributed by atoms with Gasteiger partial charge in [-0.1, -0.05) is 6.07 Å². The van der Waals surface area contributed by atoms with Crippen LogP contribution >= 0.6 is 0 Å². The van der Waals surface area contributed by atoms with Crippen LogP contribution in [0.5, 0.6) is 0 Å². The van der Waals surface area contributed by atoms with Crippen molar-refractivity contribution >= 4 is 18.1 Å². The van der Waals surface area contributed by atoms with Gasteiger partial charge in [-0.3, -0.25) is 0 Å². The highest BCUT2D eigenvalue weighted by molar-refractivity contribution is 5.68. The van der Waals surface area contributed by atoms with Crippen molar-refractivity contribution in [3.8, 4) is 6.07 Å². The van der Waals surface area contributed by atoms with Crippen LogP contribution in [0.25, 0.3) is 0 Å². The lowest BCUT2D eigenvalue weighted by Crippen LogP contribution is -2.41. The van der Waals surface area contributed by atoms with Crippen LogP contribution in [0, 0.1) is 11.3 Å². The Hall–Kier alpha value is -2.55. The first kappa shape index (κ1) is 19.8. The van der Waals surface area contributed by atoms with Gasteiger partial charge in [0.2, 0.25) is 0 Å². The van der Waals surface area contributed by atoms with Crippen LogP contribution in [0.3, 0.4) is 0 Å². The molecule has 1 fully saturated rings. The molecule has 0 unspecified atom stereocenters. The van der Waals surface area contributed by atoms with Gasteiger partial charge >= 0.3 is 6.09 Å². The summed E-state index contributed by atoms with van der Waals surface area (Å²) >= 11 is 0. The summed E-state index contributed by atoms with van der Waals surface area (Å²) < 4.78 is 5.44. The first-order valence-corrected chi connectivity index (χ1v) is 8.92. The zero-order valence-corrected chi connectivity index (χ0v) is 16.3. The van der Waals surface area contributed by atoms with Crippen molar-refractivity contribution < 1.29 is 9.53 Å². The molecule has 0 saturated carbocycles. The van der Waals surface area contributed by atoms with Gasteiger partial charge in [0, 0.05) is 27.2 Å². The fraction of sp³-hybridized carbons (Fsp3) is 0.550. The molecular formula is C20H28N4O2. The number of nitriles is 1. The van der Waals surface area contributed by atoms with E-state index in [1.54, 1.807) is 11.2 Å². The number of hydrogen-bond donors (Lipinski definition) is 0. The van der Waals surface area contributed by atoms with Crippen LogP contribution < -0.4 is 0 Å². The lowest BCUT2D eigenvalue weighted by atomic mass is 9.88. The standard InChI is InChI=1S/C20H28N4O2/c1-20(2,3)26-19(25)24-10-8-15(9-11-24)16-6-7-18(17(12-16)13-21)22-14-23(4)5/h6-7,12,14-15H,8-11H2,1-5H3.